The molecule has 98 valence electrons. The van der Waals surface area contributed by atoms with Crippen LogP contribution in [-0.4, -0.2) is 16.1 Å². The van der Waals surface area contributed by atoms with Crippen LogP contribution in [-0.2, 0) is 4.79 Å². The third-order valence-corrected chi connectivity index (χ3v) is 5.93. The second kappa shape index (κ2) is 4.04. The van der Waals surface area contributed by atoms with Gasteiger partial charge in [-0.15, -0.1) is 11.3 Å². The summed E-state index contributed by atoms with van der Waals surface area (Å²) in [5, 5.41) is 10.6. The molecule has 2 saturated carbocycles. The van der Waals surface area contributed by atoms with Crippen molar-refractivity contribution in [2.75, 3.05) is 0 Å². The van der Waals surface area contributed by atoms with Gasteiger partial charge in [0, 0.05) is 5.92 Å². The van der Waals surface area contributed by atoms with Crippen molar-refractivity contribution in [3.8, 4) is 0 Å². The molecule has 19 heavy (non-hydrogen) atoms. The van der Waals surface area contributed by atoms with Gasteiger partial charge in [0.05, 0.1) is 21.1 Å². The lowest BCUT2D eigenvalue weighted by atomic mass is 9.79. The van der Waals surface area contributed by atoms with Crippen molar-refractivity contribution in [1.82, 2.24) is 4.98 Å². The molecule has 2 aliphatic rings. The second-order valence-electron chi connectivity index (χ2n) is 5.74. The summed E-state index contributed by atoms with van der Waals surface area (Å²) in [6.45, 7) is 0. The van der Waals surface area contributed by atoms with Crippen LogP contribution in [0, 0.1) is 17.8 Å². The summed E-state index contributed by atoms with van der Waals surface area (Å²) in [5.41, 5.74) is 1.01. The number of aromatic nitrogens is 1. The van der Waals surface area contributed by atoms with Crippen LogP contribution < -0.4 is 0 Å². The summed E-state index contributed by atoms with van der Waals surface area (Å²) in [4.78, 5) is 16.3. The number of benzene rings is 1. The summed E-state index contributed by atoms with van der Waals surface area (Å²) < 4.78 is 1.17. The molecule has 3 nitrogen and oxygen atoms in total. The Morgan fingerprint density at radius 1 is 1.26 bits per heavy atom. The highest BCUT2D eigenvalue weighted by atomic mass is 32.1. The van der Waals surface area contributed by atoms with Gasteiger partial charge in [0.15, 0.2) is 0 Å². The SMILES string of the molecule is O=C(O)[C@@H]1[C@@H]2CC[C@@H](C2)[C@H]1c1nc2ccccc2s1. The molecule has 0 saturated heterocycles. The number of carboxylic acid groups (broad SMARTS) is 1. The maximum absolute atomic E-state index is 11.6. The lowest BCUT2D eigenvalue weighted by Gasteiger charge is -2.26. The first-order valence-corrected chi connectivity index (χ1v) is 7.64. The Kier molecular flexibility index (Phi) is 2.42. The predicted octanol–water partition coefficient (Wildman–Crippen LogP) is 3.51. The van der Waals surface area contributed by atoms with Gasteiger partial charge < -0.3 is 5.11 Å². The molecule has 4 rings (SSSR count). The van der Waals surface area contributed by atoms with Gasteiger partial charge in [-0.05, 0) is 43.2 Å². The molecule has 1 heterocycles. The fraction of sp³-hybridized carbons (Fsp3) is 0.467. The molecule has 1 aromatic carbocycles. The number of para-hydroxylation sites is 1. The molecule has 0 aliphatic heterocycles. The summed E-state index contributed by atoms with van der Waals surface area (Å²) in [6, 6.07) is 8.08. The molecule has 1 aromatic heterocycles. The first-order valence-electron chi connectivity index (χ1n) is 6.82. The van der Waals surface area contributed by atoms with Gasteiger partial charge in [0.1, 0.15) is 0 Å². The van der Waals surface area contributed by atoms with E-state index in [2.05, 4.69) is 6.07 Å². The van der Waals surface area contributed by atoms with Crippen LogP contribution in [0.2, 0.25) is 0 Å². The minimum absolute atomic E-state index is 0.147. The summed E-state index contributed by atoms with van der Waals surface area (Å²) >= 11 is 1.68. The Bertz CT molecular complexity index is 617. The molecule has 4 heteroatoms. The normalized spacial score (nSPS) is 33.1. The highest BCUT2D eigenvalue weighted by molar-refractivity contribution is 7.18. The van der Waals surface area contributed by atoms with Gasteiger partial charge in [-0.2, -0.15) is 0 Å². The topological polar surface area (TPSA) is 50.2 Å². The van der Waals surface area contributed by atoms with Crippen LogP contribution in [0.25, 0.3) is 10.2 Å². The molecular weight excluding hydrogens is 258 g/mol. The molecule has 0 amide bonds. The van der Waals surface area contributed by atoms with E-state index in [1.54, 1.807) is 11.3 Å². The van der Waals surface area contributed by atoms with Crippen molar-refractivity contribution >= 4 is 27.5 Å². The maximum Gasteiger partial charge on any atom is 0.307 e. The third-order valence-electron chi connectivity index (χ3n) is 4.80. The number of carboxylic acids is 1. The van der Waals surface area contributed by atoms with E-state index >= 15 is 0 Å². The first-order chi connectivity index (χ1) is 9.24. The van der Waals surface area contributed by atoms with Gasteiger partial charge in [-0.3, -0.25) is 4.79 Å². The second-order valence-corrected chi connectivity index (χ2v) is 6.81. The molecule has 1 N–H and O–H groups in total. The van der Waals surface area contributed by atoms with Crippen LogP contribution in [0.1, 0.15) is 30.2 Å². The fourth-order valence-corrected chi connectivity index (χ4v) is 5.24. The predicted molar refractivity (Wildman–Crippen MR) is 74.3 cm³/mol. The van der Waals surface area contributed by atoms with E-state index in [-0.39, 0.29) is 11.8 Å². The van der Waals surface area contributed by atoms with Crippen molar-refractivity contribution in [1.29, 1.82) is 0 Å². The molecule has 2 aliphatic carbocycles. The smallest absolute Gasteiger partial charge is 0.307 e. The Morgan fingerprint density at radius 2 is 2.05 bits per heavy atom. The van der Waals surface area contributed by atoms with E-state index in [0.29, 0.717) is 11.8 Å². The van der Waals surface area contributed by atoms with Crippen LogP contribution in [0.15, 0.2) is 24.3 Å². The van der Waals surface area contributed by atoms with Gasteiger partial charge in [0.2, 0.25) is 0 Å². The molecular formula is C15H15NO2S. The summed E-state index contributed by atoms with van der Waals surface area (Å²) in [7, 11) is 0. The molecule has 2 aromatic rings. The Morgan fingerprint density at radius 3 is 2.84 bits per heavy atom. The van der Waals surface area contributed by atoms with Crippen LogP contribution in [0.3, 0.4) is 0 Å². The zero-order valence-electron chi connectivity index (χ0n) is 10.5. The number of nitrogens with zero attached hydrogens (tertiary/aromatic N) is 1. The molecule has 2 bridgehead atoms. The highest BCUT2D eigenvalue weighted by Gasteiger charge is 2.52. The fourth-order valence-electron chi connectivity index (χ4n) is 4.03. The van der Waals surface area contributed by atoms with E-state index in [9.17, 15) is 9.90 Å². The van der Waals surface area contributed by atoms with E-state index in [4.69, 9.17) is 4.98 Å². The van der Waals surface area contributed by atoms with Gasteiger partial charge in [-0.1, -0.05) is 12.1 Å². The zero-order chi connectivity index (χ0) is 13.0. The largest absolute Gasteiger partial charge is 0.481 e. The lowest BCUT2D eigenvalue weighted by molar-refractivity contribution is -0.144. The number of carbonyl (C=O) groups is 1. The lowest BCUT2D eigenvalue weighted by Crippen LogP contribution is -2.27. The Hall–Kier alpha value is -1.42. The molecule has 4 atom stereocenters. The van der Waals surface area contributed by atoms with Crippen molar-refractivity contribution in [2.24, 2.45) is 17.8 Å². The molecule has 0 spiro atoms. The van der Waals surface area contributed by atoms with E-state index in [1.807, 2.05) is 18.2 Å². The number of rotatable bonds is 2. The van der Waals surface area contributed by atoms with Gasteiger partial charge in [0.25, 0.3) is 0 Å². The number of hydrogen-bond donors (Lipinski definition) is 1. The third kappa shape index (κ3) is 1.62. The van der Waals surface area contributed by atoms with Crippen molar-refractivity contribution in [3.63, 3.8) is 0 Å². The van der Waals surface area contributed by atoms with E-state index in [1.165, 1.54) is 11.1 Å². The minimum Gasteiger partial charge on any atom is -0.481 e. The molecule has 0 unspecified atom stereocenters. The molecule has 2 fully saturated rings. The van der Waals surface area contributed by atoms with Crippen LogP contribution in [0.4, 0.5) is 0 Å². The zero-order valence-corrected chi connectivity index (χ0v) is 11.3. The number of hydrogen-bond acceptors (Lipinski definition) is 3. The van der Waals surface area contributed by atoms with Gasteiger partial charge >= 0.3 is 5.97 Å². The monoisotopic (exact) mass is 273 g/mol. The first kappa shape index (κ1) is 11.4. The maximum atomic E-state index is 11.6. The van der Waals surface area contributed by atoms with Crippen LogP contribution in [0.5, 0.6) is 0 Å². The number of fused-ring (bicyclic) bond motifs is 3. The summed E-state index contributed by atoms with van der Waals surface area (Å²) in [5.74, 6) is 0.218. The average molecular weight is 273 g/mol. The number of thiazole rings is 1. The number of aliphatic carboxylic acids is 1. The highest BCUT2D eigenvalue weighted by Crippen LogP contribution is 2.57. The van der Waals surface area contributed by atoms with Crippen LogP contribution >= 0.6 is 11.3 Å². The van der Waals surface area contributed by atoms with Crippen molar-refractivity contribution < 1.29 is 9.90 Å². The van der Waals surface area contributed by atoms with Crippen molar-refractivity contribution in [2.45, 2.75) is 25.2 Å². The van der Waals surface area contributed by atoms with E-state index < -0.39 is 5.97 Å². The quantitative estimate of drug-likeness (QED) is 0.911. The Labute approximate surface area is 115 Å². The minimum atomic E-state index is -0.628. The average Bonchev–Trinajstić information content (AvgIpc) is 3.10. The Balaban J connectivity index is 1.79. The van der Waals surface area contributed by atoms with E-state index in [0.717, 1.165) is 23.4 Å². The molecule has 0 radical (unpaired) electrons. The van der Waals surface area contributed by atoms with Gasteiger partial charge in [-0.25, -0.2) is 4.98 Å². The summed E-state index contributed by atoms with van der Waals surface area (Å²) in [6.07, 6.45) is 3.34. The van der Waals surface area contributed by atoms with Crippen molar-refractivity contribution in [3.05, 3.63) is 29.3 Å². The standard InChI is InChI=1S/C15H15NO2S/c17-15(18)13-9-6-5-8(7-9)12(13)14-16-10-3-1-2-4-11(10)19-14/h1-4,8-9,12-13H,5-7H2,(H,17,18)/t8-,9+,12+,13+/m0/s1.